The maximum absolute atomic E-state index is 10.7. The molecule has 4 N–H and O–H groups in total. The van der Waals surface area contributed by atoms with Crippen LogP contribution < -0.4 is 20.1 Å². The highest BCUT2D eigenvalue weighted by molar-refractivity contribution is 14.0. The molecule has 0 saturated carbocycles. The van der Waals surface area contributed by atoms with Crippen LogP contribution in [0.25, 0.3) is 10.9 Å². The van der Waals surface area contributed by atoms with Gasteiger partial charge >= 0.3 is 0 Å². The molecule has 8 heteroatoms. The number of nitrogens with zero attached hydrogens (tertiary/aromatic N) is 1. The monoisotopic (exact) mass is 552 g/mol. The van der Waals surface area contributed by atoms with Gasteiger partial charge in [-0.3, -0.25) is 4.99 Å². The van der Waals surface area contributed by atoms with Gasteiger partial charge in [-0.2, -0.15) is 0 Å². The summed E-state index contributed by atoms with van der Waals surface area (Å²) in [7, 11) is 3.18. The Morgan fingerprint density at radius 1 is 1.12 bits per heavy atom. The van der Waals surface area contributed by atoms with Gasteiger partial charge in [-0.25, -0.2) is 0 Å². The van der Waals surface area contributed by atoms with Crippen molar-refractivity contribution in [3.63, 3.8) is 0 Å². The molecule has 0 aliphatic carbocycles. The number of aliphatic imine (C=N–C) groups is 1. The Labute approximate surface area is 206 Å². The Morgan fingerprint density at radius 2 is 1.91 bits per heavy atom. The van der Waals surface area contributed by atoms with Crippen LogP contribution in [-0.2, 0) is 6.42 Å². The zero-order chi connectivity index (χ0) is 22.2. The van der Waals surface area contributed by atoms with Crippen molar-refractivity contribution in [2.45, 2.75) is 26.4 Å². The Balaban J connectivity index is 0.00000363. The van der Waals surface area contributed by atoms with Crippen LogP contribution in [0.2, 0.25) is 0 Å². The fraction of sp³-hybridized carbons (Fsp3) is 0.375. The van der Waals surface area contributed by atoms with Crippen molar-refractivity contribution in [2.75, 3.05) is 33.9 Å². The number of hydrogen-bond acceptors (Lipinski definition) is 4. The minimum atomic E-state index is -0.809. The van der Waals surface area contributed by atoms with Crippen LogP contribution in [0.15, 0.2) is 47.5 Å². The summed E-state index contributed by atoms with van der Waals surface area (Å²) in [4.78, 5) is 8.00. The van der Waals surface area contributed by atoms with E-state index in [1.807, 2.05) is 13.0 Å². The predicted octanol–water partition coefficient (Wildman–Crippen LogP) is 3.94. The minimum Gasteiger partial charge on any atom is -0.497 e. The number of aryl methyl sites for hydroxylation is 1. The molecule has 0 saturated heterocycles. The van der Waals surface area contributed by atoms with Crippen LogP contribution in [0.1, 0.15) is 29.8 Å². The number of aromatic nitrogens is 1. The first-order valence-corrected chi connectivity index (χ1v) is 10.6. The quantitative estimate of drug-likeness (QED) is 0.184. The molecule has 0 fully saturated rings. The van der Waals surface area contributed by atoms with Gasteiger partial charge in [0.25, 0.3) is 0 Å². The summed E-state index contributed by atoms with van der Waals surface area (Å²) >= 11 is 0. The SMILES string of the molecule is CCNC(=NCC(O)c1cc(OC)ccc1OC)NCCc1c(C)[nH]c2ccccc12.I. The molecule has 0 aliphatic heterocycles. The zero-order valence-electron chi connectivity index (χ0n) is 19.1. The molecule has 3 rings (SSSR count). The van der Waals surface area contributed by atoms with Gasteiger partial charge in [0.05, 0.1) is 20.8 Å². The lowest BCUT2D eigenvalue weighted by molar-refractivity contribution is 0.182. The molecule has 0 aliphatic rings. The molecule has 1 unspecified atom stereocenters. The number of para-hydroxylation sites is 1. The topological polar surface area (TPSA) is 90.9 Å². The first kappa shape index (κ1) is 25.8. The Bertz CT molecular complexity index is 1040. The number of aliphatic hydroxyl groups is 1. The van der Waals surface area contributed by atoms with Gasteiger partial charge in [-0.1, -0.05) is 18.2 Å². The van der Waals surface area contributed by atoms with Crippen molar-refractivity contribution in [2.24, 2.45) is 4.99 Å². The first-order chi connectivity index (χ1) is 15.1. The molecule has 32 heavy (non-hydrogen) atoms. The van der Waals surface area contributed by atoms with Crippen molar-refractivity contribution in [1.82, 2.24) is 15.6 Å². The van der Waals surface area contributed by atoms with E-state index in [-0.39, 0.29) is 30.5 Å². The van der Waals surface area contributed by atoms with Crippen LogP contribution in [0.3, 0.4) is 0 Å². The summed E-state index contributed by atoms with van der Waals surface area (Å²) in [6, 6.07) is 13.7. The molecule has 0 spiro atoms. The molecule has 1 aromatic heterocycles. The maximum Gasteiger partial charge on any atom is 0.191 e. The summed E-state index contributed by atoms with van der Waals surface area (Å²) in [6.45, 7) is 5.78. The second-order valence-electron chi connectivity index (χ2n) is 7.29. The van der Waals surface area contributed by atoms with Crippen LogP contribution in [0, 0.1) is 6.92 Å². The summed E-state index contributed by atoms with van der Waals surface area (Å²) in [5.74, 6) is 1.94. The fourth-order valence-electron chi connectivity index (χ4n) is 3.68. The maximum atomic E-state index is 10.7. The molecule has 174 valence electrons. The van der Waals surface area contributed by atoms with Crippen LogP contribution in [0.4, 0.5) is 0 Å². The van der Waals surface area contributed by atoms with E-state index in [2.05, 4.69) is 45.7 Å². The van der Waals surface area contributed by atoms with Crippen LogP contribution >= 0.6 is 24.0 Å². The largest absolute Gasteiger partial charge is 0.497 e. The molecule has 0 bridgehead atoms. The highest BCUT2D eigenvalue weighted by Crippen LogP contribution is 2.29. The average molecular weight is 552 g/mol. The summed E-state index contributed by atoms with van der Waals surface area (Å²) in [6.07, 6.45) is 0.0587. The Kier molecular flexibility index (Phi) is 10.1. The summed E-state index contributed by atoms with van der Waals surface area (Å²) in [5.41, 5.74) is 4.30. The fourth-order valence-corrected chi connectivity index (χ4v) is 3.68. The number of hydrogen-bond donors (Lipinski definition) is 4. The number of nitrogens with one attached hydrogen (secondary N) is 3. The Morgan fingerprint density at radius 3 is 2.62 bits per heavy atom. The average Bonchev–Trinajstić information content (AvgIpc) is 3.11. The third kappa shape index (κ3) is 6.29. The summed E-state index contributed by atoms with van der Waals surface area (Å²) in [5, 5.41) is 18.6. The number of aliphatic hydroxyl groups excluding tert-OH is 1. The molecule has 1 atom stereocenters. The van der Waals surface area contributed by atoms with E-state index in [1.165, 1.54) is 16.6 Å². The highest BCUT2D eigenvalue weighted by Gasteiger charge is 2.15. The number of H-pyrrole nitrogens is 1. The Hall–Kier alpha value is -2.46. The van der Waals surface area contributed by atoms with Gasteiger partial charge in [-0.15, -0.1) is 24.0 Å². The molecule has 2 aromatic carbocycles. The molecular weight excluding hydrogens is 519 g/mol. The van der Waals surface area contributed by atoms with Crippen molar-refractivity contribution in [3.05, 3.63) is 59.3 Å². The molecule has 3 aromatic rings. The molecular formula is C24H33IN4O3. The van der Waals surface area contributed by atoms with E-state index < -0.39 is 6.10 Å². The van der Waals surface area contributed by atoms with Gasteiger partial charge in [-0.05, 0) is 50.1 Å². The minimum absolute atomic E-state index is 0. The van der Waals surface area contributed by atoms with Crippen molar-refractivity contribution < 1.29 is 14.6 Å². The standard InChI is InChI=1S/C24H32N4O3.HI/c1-5-25-24(26-13-12-18-16(2)28-21-9-7-6-8-19(18)21)27-15-22(29)20-14-17(30-3)10-11-23(20)31-4;/h6-11,14,22,28-29H,5,12-13,15H2,1-4H3,(H2,25,26,27);1H. The van der Waals surface area contributed by atoms with E-state index in [0.29, 0.717) is 23.0 Å². The highest BCUT2D eigenvalue weighted by atomic mass is 127. The lowest BCUT2D eigenvalue weighted by Crippen LogP contribution is -2.38. The van der Waals surface area contributed by atoms with Gasteiger partial charge in [0.15, 0.2) is 5.96 Å². The lowest BCUT2D eigenvalue weighted by atomic mass is 10.1. The van der Waals surface area contributed by atoms with Crippen LogP contribution in [-0.4, -0.2) is 49.9 Å². The third-order valence-corrected chi connectivity index (χ3v) is 5.26. The zero-order valence-corrected chi connectivity index (χ0v) is 21.4. The van der Waals surface area contributed by atoms with E-state index in [1.54, 1.807) is 32.4 Å². The first-order valence-electron chi connectivity index (χ1n) is 10.6. The van der Waals surface area contributed by atoms with Gasteiger partial charge in [0.2, 0.25) is 0 Å². The number of guanidine groups is 1. The number of benzene rings is 2. The third-order valence-electron chi connectivity index (χ3n) is 5.26. The number of rotatable bonds is 9. The molecule has 7 nitrogen and oxygen atoms in total. The second-order valence-corrected chi connectivity index (χ2v) is 7.29. The number of fused-ring (bicyclic) bond motifs is 1. The van der Waals surface area contributed by atoms with Crippen molar-refractivity contribution in [1.29, 1.82) is 0 Å². The van der Waals surface area contributed by atoms with E-state index >= 15 is 0 Å². The number of methoxy groups -OCH3 is 2. The molecule has 0 amide bonds. The van der Waals surface area contributed by atoms with Gasteiger partial charge < -0.3 is 30.2 Å². The molecule has 1 heterocycles. The van der Waals surface area contributed by atoms with E-state index in [9.17, 15) is 5.11 Å². The van der Waals surface area contributed by atoms with E-state index in [4.69, 9.17) is 9.47 Å². The van der Waals surface area contributed by atoms with Crippen molar-refractivity contribution >= 4 is 40.8 Å². The molecule has 0 radical (unpaired) electrons. The van der Waals surface area contributed by atoms with Crippen LogP contribution in [0.5, 0.6) is 11.5 Å². The second kappa shape index (κ2) is 12.5. The number of halogens is 1. The van der Waals surface area contributed by atoms with Gasteiger partial charge in [0.1, 0.15) is 17.6 Å². The number of aromatic amines is 1. The predicted molar refractivity (Wildman–Crippen MR) is 141 cm³/mol. The van der Waals surface area contributed by atoms with E-state index in [0.717, 1.165) is 25.0 Å². The lowest BCUT2D eigenvalue weighted by Gasteiger charge is -2.16. The number of ether oxygens (including phenoxy) is 2. The van der Waals surface area contributed by atoms with Gasteiger partial charge in [0, 0.05) is 35.2 Å². The van der Waals surface area contributed by atoms with Crippen molar-refractivity contribution in [3.8, 4) is 11.5 Å². The summed E-state index contributed by atoms with van der Waals surface area (Å²) < 4.78 is 10.6. The normalized spacial score (nSPS) is 12.2. The smallest absolute Gasteiger partial charge is 0.191 e.